The Bertz CT molecular complexity index is 1670. The predicted octanol–water partition coefficient (Wildman–Crippen LogP) is 4.32. The summed E-state index contributed by atoms with van der Waals surface area (Å²) in [4.78, 5) is 22.2. The number of anilines is 1. The van der Waals surface area contributed by atoms with Gasteiger partial charge in [-0.05, 0) is 48.6 Å². The third kappa shape index (κ3) is 10.6. The molecule has 0 spiro atoms. The molecule has 0 aliphatic carbocycles. The lowest BCUT2D eigenvalue weighted by atomic mass is 9.98. The summed E-state index contributed by atoms with van der Waals surface area (Å²) in [6.45, 7) is 1.90. The van der Waals surface area contributed by atoms with Crippen LogP contribution in [0.5, 0.6) is 0 Å². The van der Waals surface area contributed by atoms with Gasteiger partial charge in [-0.15, -0.1) is 23.1 Å². The van der Waals surface area contributed by atoms with E-state index in [1.165, 1.54) is 23.9 Å². The summed E-state index contributed by atoms with van der Waals surface area (Å²) in [6, 6.07) is 11.7. The predicted molar refractivity (Wildman–Crippen MR) is 156 cm³/mol. The number of carbonyl (C=O) groups is 2. The van der Waals surface area contributed by atoms with E-state index in [4.69, 9.17) is 48.1 Å². The third-order valence-corrected chi connectivity index (χ3v) is 9.35. The average molecular weight is 703 g/mol. The second-order valence-electron chi connectivity index (χ2n) is 8.25. The largest absolute Gasteiger partial charge is 0.490 e. The molecule has 1 heterocycles. The van der Waals surface area contributed by atoms with Crippen LogP contribution in [0.25, 0.3) is 11.1 Å². The topological polar surface area (TPSA) is 249 Å². The molecule has 2 aromatic carbocycles. The van der Waals surface area contributed by atoms with Gasteiger partial charge in [-0.3, -0.25) is 5.41 Å². The van der Waals surface area contributed by atoms with Crippen LogP contribution < -0.4 is 22.9 Å². The van der Waals surface area contributed by atoms with E-state index in [2.05, 4.69) is 4.99 Å². The minimum Gasteiger partial charge on any atom is -0.475 e. The molecule has 45 heavy (non-hydrogen) atoms. The van der Waals surface area contributed by atoms with Gasteiger partial charge in [0, 0.05) is 11.3 Å². The number of aliphatic carboxylic acids is 2. The van der Waals surface area contributed by atoms with Crippen LogP contribution in [0.3, 0.4) is 0 Å². The van der Waals surface area contributed by atoms with Gasteiger partial charge in [-0.1, -0.05) is 18.2 Å². The van der Waals surface area contributed by atoms with E-state index in [1.54, 1.807) is 24.5 Å². The highest BCUT2D eigenvalue weighted by Crippen LogP contribution is 2.41. The number of carboxylic acid groups (broad SMARTS) is 2. The summed E-state index contributed by atoms with van der Waals surface area (Å²) >= 11 is 2.41. The van der Waals surface area contributed by atoms with Crippen molar-refractivity contribution in [3.05, 3.63) is 52.9 Å². The molecule has 12 nitrogen and oxygen atoms in total. The Balaban J connectivity index is 0.000000601. The molecule has 246 valence electrons. The van der Waals surface area contributed by atoms with Crippen molar-refractivity contribution in [1.82, 2.24) is 0 Å². The van der Waals surface area contributed by atoms with Gasteiger partial charge >= 0.3 is 24.3 Å². The lowest BCUT2D eigenvalue weighted by Gasteiger charge is -2.14. The summed E-state index contributed by atoms with van der Waals surface area (Å²) in [5.74, 6) is -5.98. The third-order valence-electron chi connectivity index (χ3n) is 4.98. The van der Waals surface area contributed by atoms with Gasteiger partial charge in [-0.25, -0.2) is 23.0 Å². The lowest BCUT2D eigenvalue weighted by Crippen LogP contribution is -2.22. The van der Waals surface area contributed by atoms with Crippen molar-refractivity contribution < 1.29 is 54.6 Å². The lowest BCUT2D eigenvalue weighted by molar-refractivity contribution is -0.193. The molecule has 0 saturated heterocycles. The van der Waals surface area contributed by atoms with Gasteiger partial charge in [-0.2, -0.15) is 26.3 Å². The average Bonchev–Trinajstić information content (AvgIpc) is 3.35. The Morgan fingerprint density at radius 1 is 0.933 bits per heavy atom. The Morgan fingerprint density at radius 2 is 1.44 bits per heavy atom. The number of benzene rings is 2. The van der Waals surface area contributed by atoms with Crippen molar-refractivity contribution in [1.29, 1.82) is 5.41 Å². The summed E-state index contributed by atoms with van der Waals surface area (Å²) in [6.07, 6.45) is -8.41. The number of hydrogen-bond donors (Lipinski definition) is 7. The summed E-state index contributed by atoms with van der Waals surface area (Å²) in [5, 5.41) is 21.9. The highest BCUT2D eigenvalue weighted by atomic mass is 32.2. The first-order chi connectivity index (χ1) is 20.4. The summed E-state index contributed by atoms with van der Waals surface area (Å²) in [5.41, 5.74) is 25.7. The van der Waals surface area contributed by atoms with Crippen molar-refractivity contribution in [2.75, 3.05) is 12.0 Å². The van der Waals surface area contributed by atoms with Gasteiger partial charge in [0.1, 0.15) is 5.84 Å². The number of nitrogens with one attached hydrogen (secondary N) is 1. The van der Waals surface area contributed by atoms with E-state index < -0.39 is 34.1 Å². The number of halogens is 6. The number of sulfone groups is 1. The fourth-order valence-electron chi connectivity index (χ4n) is 3.14. The highest BCUT2D eigenvalue weighted by molar-refractivity contribution is 8.01. The second kappa shape index (κ2) is 15.0. The molecule has 0 bridgehead atoms. The summed E-state index contributed by atoms with van der Waals surface area (Å²) < 4.78 is 91.4. The van der Waals surface area contributed by atoms with Crippen LogP contribution in [-0.4, -0.2) is 61.0 Å². The number of guanidine groups is 1. The van der Waals surface area contributed by atoms with E-state index >= 15 is 0 Å². The van der Waals surface area contributed by atoms with E-state index in [-0.39, 0.29) is 27.3 Å². The number of thiophene rings is 1. The Morgan fingerprint density at radius 3 is 1.84 bits per heavy atom. The molecule has 0 aliphatic heterocycles. The molecule has 3 rings (SSSR count). The number of nitrogens with two attached hydrogens (primary N) is 4. The van der Waals surface area contributed by atoms with Crippen molar-refractivity contribution >= 4 is 68.0 Å². The van der Waals surface area contributed by atoms with Crippen molar-refractivity contribution in [3.63, 3.8) is 0 Å². The number of rotatable bonds is 6. The minimum atomic E-state index is -5.08. The zero-order valence-corrected chi connectivity index (χ0v) is 25.3. The van der Waals surface area contributed by atoms with E-state index in [1.807, 2.05) is 19.1 Å². The zero-order valence-electron chi connectivity index (χ0n) is 22.8. The first kappa shape index (κ1) is 38.5. The fourth-order valence-corrected chi connectivity index (χ4v) is 7.16. The van der Waals surface area contributed by atoms with Crippen LogP contribution >= 0.6 is 23.1 Å². The molecule has 0 radical (unpaired) electrons. The number of hydrogen-bond acceptors (Lipinski definition) is 9. The minimum absolute atomic E-state index is 0.0529. The Kier molecular flexibility index (Phi) is 12.8. The Labute approximate surface area is 259 Å². The number of nitrogen functional groups attached to an aromatic ring is 2. The molecule has 0 atom stereocenters. The molecule has 1 aromatic heterocycles. The van der Waals surface area contributed by atoms with E-state index in [0.717, 1.165) is 22.5 Å². The number of nitrogens with zero attached hydrogens (tertiary/aromatic N) is 1. The van der Waals surface area contributed by atoms with Gasteiger partial charge in [0.05, 0.1) is 24.6 Å². The first-order valence-corrected chi connectivity index (χ1v) is 14.9. The normalized spacial score (nSPS) is 11.3. The van der Waals surface area contributed by atoms with Crippen LogP contribution in [0.15, 0.2) is 61.5 Å². The van der Waals surface area contributed by atoms with Crippen LogP contribution in [0.2, 0.25) is 0 Å². The van der Waals surface area contributed by atoms with Crippen LogP contribution in [0.4, 0.5) is 37.7 Å². The highest BCUT2D eigenvalue weighted by Gasteiger charge is 2.39. The van der Waals surface area contributed by atoms with Gasteiger partial charge in [0.25, 0.3) is 0 Å². The molecule has 21 heteroatoms. The number of alkyl halides is 6. The van der Waals surface area contributed by atoms with Crippen molar-refractivity contribution in [2.24, 2.45) is 22.2 Å². The molecular formula is C24H24F6N6O6S3. The number of aryl methyl sites for hydroxylation is 1. The number of aliphatic imine (C=N–C) groups is 1. The van der Waals surface area contributed by atoms with Gasteiger partial charge in [0.15, 0.2) is 5.96 Å². The maximum absolute atomic E-state index is 13.7. The molecule has 0 unspecified atom stereocenters. The molecule has 0 saturated carbocycles. The molecule has 0 amide bonds. The van der Waals surface area contributed by atoms with E-state index in [0.29, 0.717) is 20.3 Å². The first-order valence-electron chi connectivity index (χ1n) is 11.4. The quantitative estimate of drug-likeness (QED) is 0.0626. The molecule has 0 fully saturated rings. The van der Waals surface area contributed by atoms with E-state index in [9.17, 15) is 34.8 Å². The molecule has 0 aliphatic rings. The number of thioether (sulfide) groups is 1. The van der Waals surface area contributed by atoms with Gasteiger partial charge in [0.2, 0.25) is 9.84 Å². The maximum Gasteiger partial charge on any atom is 0.490 e. The number of carboxylic acids is 2. The standard InChI is InChI=1S/C20H22N6O2S3.2C2HF3O2/c1-10-4-3-5-12(21)17(10)11-6-7-13(26-20(24)25)15(8-11)31(27,28)16-9-14(18(22)23)30-19(16)29-2;2*3-2(4,5)1(6)7/h3-9H,21H2,1-2H3,(H3,22,23)(H4,24,25,26);2*(H,6,7). The van der Waals surface area contributed by atoms with Crippen LogP contribution in [0.1, 0.15) is 10.4 Å². The second-order valence-corrected chi connectivity index (χ2v) is 12.3. The van der Waals surface area contributed by atoms with Crippen LogP contribution in [0, 0.1) is 12.3 Å². The van der Waals surface area contributed by atoms with Crippen molar-refractivity contribution in [2.45, 2.75) is 33.3 Å². The van der Waals surface area contributed by atoms with Crippen LogP contribution in [-0.2, 0) is 19.4 Å². The smallest absolute Gasteiger partial charge is 0.475 e. The van der Waals surface area contributed by atoms with Crippen molar-refractivity contribution in [3.8, 4) is 11.1 Å². The Hall–Kier alpha value is -4.50. The number of amidine groups is 1. The van der Waals surface area contributed by atoms with Gasteiger partial charge < -0.3 is 33.1 Å². The maximum atomic E-state index is 13.7. The fraction of sp³-hybridized carbons (Fsp3) is 0.167. The SMILES string of the molecule is CSc1sc(C(=N)N)cc1S(=O)(=O)c1cc(-c2c(C)cccc2N)ccc1N=C(N)N.O=C(O)C(F)(F)F.O=C(O)C(F)(F)F. The molecule has 11 N–H and O–H groups in total. The monoisotopic (exact) mass is 702 g/mol. The zero-order chi connectivity index (χ0) is 35.1. The molecule has 3 aromatic rings. The molecular weight excluding hydrogens is 678 g/mol. The summed E-state index contributed by atoms with van der Waals surface area (Å²) in [7, 11) is -4.05.